The standard InChI is InChI=1S/C12H15IO2/c13-9-4-6-11(7-5-9)15-12-3-1-2-10(14)8-12/h4-7,10,12,14H,1-3,8H2/t10-,12+/m0/s1. The van der Waals surface area contributed by atoms with Gasteiger partial charge in [-0.3, -0.25) is 0 Å². The Morgan fingerprint density at radius 2 is 1.93 bits per heavy atom. The molecule has 1 aliphatic carbocycles. The van der Waals surface area contributed by atoms with Crippen LogP contribution in [0.2, 0.25) is 0 Å². The van der Waals surface area contributed by atoms with Gasteiger partial charge in [0.15, 0.2) is 0 Å². The Kier molecular flexibility index (Phi) is 3.86. The van der Waals surface area contributed by atoms with Crippen LogP contribution in [0.15, 0.2) is 24.3 Å². The Hall–Kier alpha value is -0.290. The molecular weight excluding hydrogens is 303 g/mol. The third kappa shape index (κ3) is 3.34. The van der Waals surface area contributed by atoms with E-state index in [1.54, 1.807) is 0 Å². The summed E-state index contributed by atoms with van der Waals surface area (Å²) in [6, 6.07) is 8.05. The van der Waals surface area contributed by atoms with Gasteiger partial charge < -0.3 is 9.84 Å². The lowest BCUT2D eigenvalue weighted by molar-refractivity contribution is 0.0536. The first-order chi connectivity index (χ1) is 7.24. The van der Waals surface area contributed by atoms with Crippen molar-refractivity contribution >= 4 is 22.6 Å². The first-order valence-electron chi connectivity index (χ1n) is 5.34. The lowest BCUT2D eigenvalue weighted by atomic mass is 9.95. The van der Waals surface area contributed by atoms with Gasteiger partial charge in [0.2, 0.25) is 0 Å². The number of ether oxygens (including phenoxy) is 1. The fraction of sp³-hybridized carbons (Fsp3) is 0.500. The van der Waals surface area contributed by atoms with Gasteiger partial charge in [-0.1, -0.05) is 0 Å². The van der Waals surface area contributed by atoms with Crippen molar-refractivity contribution in [1.82, 2.24) is 0 Å². The van der Waals surface area contributed by atoms with Crippen LogP contribution in [0.1, 0.15) is 25.7 Å². The van der Waals surface area contributed by atoms with Gasteiger partial charge in [-0.15, -0.1) is 0 Å². The highest BCUT2D eigenvalue weighted by Gasteiger charge is 2.21. The van der Waals surface area contributed by atoms with Crippen LogP contribution in [0, 0.1) is 3.57 Å². The Morgan fingerprint density at radius 1 is 1.20 bits per heavy atom. The molecule has 0 heterocycles. The van der Waals surface area contributed by atoms with Crippen LogP contribution >= 0.6 is 22.6 Å². The molecule has 1 N–H and O–H groups in total. The van der Waals surface area contributed by atoms with Gasteiger partial charge in [0.05, 0.1) is 6.10 Å². The summed E-state index contributed by atoms with van der Waals surface area (Å²) in [6.45, 7) is 0. The number of hydrogen-bond donors (Lipinski definition) is 1. The summed E-state index contributed by atoms with van der Waals surface area (Å²) in [4.78, 5) is 0. The zero-order chi connectivity index (χ0) is 10.7. The van der Waals surface area contributed by atoms with Crippen LogP contribution in [0.4, 0.5) is 0 Å². The summed E-state index contributed by atoms with van der Waals surface area (Å²) in [5.74, 6) is 0.912. The van der Waals surface area contributed by atoms with E-state index < -0.39 is 0 Å². The molecule has 15 heavy (non-hydrogen) atoms. The molecule has 0 unspecified atom stereocenters. The summed E-state index contributed by atoms with van der Waals surface area (Å²) in [7, 11) is 0. The highest BCUT2D eigenvalue weighted by molar-refractivity contribution is 14.1. The van der Waals surface area contributed by atoms with E-state index in [9.17, 15) is 5.11 Å². The topological polar surface area (TPSA) is 29.5 Å². The molecule has 1 fully saturated rings. The average molecular weight is 318 g/mol. The third-order valence-electron chi connectivity index (χ3n) is 2.71. The van der Waals surface area contributed by atoms with Gasteiger partial charge in [0, 0.05) is 9.99 Å². The van der Waals surface area contributed by atoms with Crippen molar-refractivity contribution in [1.29, 1.82) is 0 Å². The number of hydrogen-bond acceptors (Lipinski definition) is 2. The van der Waals surface area contributed by atoms with Crippen molar-refractivity contribution < 1.29 is 9.84 Å². The van der Waals surface area contributed by atoms with E-state index in [0.717, 1.165) is 31.4 Å². The zero-order valence-electron chi connectivity index (χ0n) is 8.53. The zero-order valence-corrected chi connectivity index (χ0v) is 10.7. The number of benzene rings is 1. The molecule has 1 aromatic carbocycles. The maximum Gasteiger partial charge on any atom is 0.119 e. The van der Waals surface area contributed by atoms with E-state index in [0.29, 0.717) is 0 Å². The summed E-state index contributed by atoms with van der Waals surface area (Å²) in [6.07, 6.45) is 3.83. The quantitative estimate of drug-likeness (QED) is 0.850. The highest BCUT2D eigenvalue weighted by atomic mass is 127. The molecule has 3 heteroatoms. The second-order valence-corrected chi connectivity index (χ2v) is 5.26. The van der Waals surface area contributed by atoms with Crippen LogP contribution in [-0.4, -0.2) is 17.3 Å². The number of rotatable bonds is 2. The Labute approximate surface area is 104 Å². The van der Waals surface area contributed by atoms with E-state index in [-0.39, 0.29) is 12.2 Å². The van der Waals surface area contributed by atoms with Gasteiger partial charge in [-0.25, -0.2) is 0 Å². The molecule has 0 spiro atoms. The Morgan fingerprint density at radius 3 is 2.60 bits per heavy atom. The van der Waals surface area contributed by atoms with Gasteiger partial charge in [-0.2, -0.15) is 0 Å². The predicted molar refractivity (Wildman–Crippen MR) is 68.0 cm³/mol. The van der Waals surface area contributed by atoms with E-state index >= 15 is 0 Å². The maximum atomic E-state index is 9.52. The first-order valence-corrected chi connectivity index (χ1v) is 6.42. The molecule has 1 aromatic rings. The molecule has 0 bridgehead atoms. The lowest BCUT2D eigenvalue weighted by Gasteiger charge is -2.26. The molecular formula is C12H15IO2. The van der Waals surface area contributed by atoms with Gasteiger partial charge in [-0.05, 0) is 66.1 Å². The van der Waals surface area contributed by atoms with E-state index in [4.69, 9.17) is 4.74 Å². The van der Waals surface area contributed by atoms with Crippen LogP contribution in [0.3, 0.4) is 0 Å². The normalized spacial score (nSPS) is 26.3. The van der Waals surface area contributed by atoms with Crippen molar-refractivity contribution in [3.05, 3.63) is 27.8 Å². The van der Waals surface area contributed by atoms with Crippen molar-refractivity contribution in [2.45, 2.75) is 37.9 Å². The molecule has 0 saturated heterocycles. The van der Waals surface area contributed by atoms with Gasteiger partial charge in [0.1, 0.15) is 11.9 Å². The van der Waals surface area contributed by atoms with Gasteiger partial charge in [0.25, 0.3) is 0 Å². The fourth-order valence-electron chi connectivity index (χ4n) is 1.93. The summed E-state index contributed by atoms with van der Waals surface area (Å²) >= 11 is 2.27. The number of aliphatic hydroxyl groups excluding tert-OH is 1. The average Bonchev–Trinajstić information content (AvgIpc) is 2.22. The van der Waals surface area contributed by atoms with Crippen LogP contribution < -0.4 is 4.74 Å². The van der Waals surface area contributed by atoms with Crippen molar-refractivity contribution in [2.75, 3.05) is 0 Å². The summed E-state index contributed by atoms with van der Waals surface area (Å²) < 4.78 is 7.03. The molecule has 0 aliphatic heterocycles. The fourth-order valence-corrected chi connectivity index (χ4v) is 2.29. The maximum absolute atomic E-state index is 9.52. The molecule has 0 amide bonds. The minimum Gasteiger partial charge on any atom is -0.490 e. The minimum absolute atomic E-state index is 0.174. The Bertz CT molecular complexity index is 310. The molecule has 1 saturated carbocycles. The lowest BCUT2D eigenvalue weighted by Crippen LogP contribution is -2.28. The molecule has 0 aromatic heterocycles. The molecule has 1 aliphatic rings. The SMILES string of the molecule is O[C@H]1CCC[C@@H](Oc2ccc(I)cc2)C1. The molecule has 2 atom stereocenters. The second kappa shape index (κ2) is 5.16. The van der Waals surface area contributed by atoms with Crippen molar-refractivity contribution in [2.24, 2.45) is 0 Å². The molecule has 0 radical (unpaired) electrons. The first kappa shape index (κ1) is 11.2. The number of halogens is 1. The monoisotopic (exact) mass is 318 g/mol. The Balaban J connectivity index is 1.93. The van der Waals surface area contributed by atoms with Crippen LogP contribution in [-0.2, 0) is 0 Å². The van der Waals surface area contributed by atoms with Crippen LogP contribution in [0.5, 0.6) is 5.75 Å². The van der Waals surface area contributed by atoms with E-state index in [1.807, 2.05) is 24.3 Å². The van der Waals surface area contributed by atoms with Crippen molar-refractivity contribution in [3.63, 3.8) is 0 Å². The summed E-state index contributed by atoms with van der Waals surface area (Å²) in [5, 5.41) is 9.52. The summed E-state index contributed by atoms with van der Waals surface area (Å²) in [5.41, 5.74) is 0. The smallest absolute Gasteiger partial charge is 0.119 e. The number of aliphatic hydroxyl groups is 1. The minimum atomic E-state index is -0.174. The van der Waals surface area contributed by atoms with Crippen molar-refractivity contribution in [3.8, 4) is 5.75 Å². The third-order valence-corrected chi connectivity index (χ3v) is 3.43. The molecule has 2 nitrogen and oxygen atoms in total. The predicted octanol–water partition coefficient (Wildman–Crippen LogP) is 2.97. The molecule has 2 rings (SSSR count). The van der Waals surface area contributed by atoms with Gasteiger partial charge >= 0.3 is 0 Å². The second-order valence-electron chi connectivity index (χ2n) is 4.01. The largest absolute Gasteiger partial charge is 0.490 e. The molecule has 82 valence electrons. The van der Waals surface area contributed by atoms with Crippen LogP contribution in [0.25, 0.3) is 0 Å². The highest BCUT2D eigenvalue weighted by Crippen LogP contribution is 2.24. The van der Waals surface area contributed by atoms with E-state index in [2.05, 4.69) is 22.6 Å². The van der Waals surface area contributed by atoms with E-state index in [1.165, 1.54) is 3.57 Å².